The third-order valence-electron chi connectivity index (χ3n) is 2.35. The number of hydrogen-bond donors (Lipinski definition) is 3. The fourth-order valence-corrected chi connectivity index (χ4v) is 1.47. The molecule has 4 N–H and O–H groups in total. The second-order valence-electron chi connectivity index (χ2n) is 3.58. The van der Waals surface area contributed by atoms with Gasteiger partial charge in [0.1, 0.15) is 11.6 Å². The minimum atomic E-state index is -0.761. The number of benzene rings is 1. The molecule has 0 aliphatic carbocycles. The first-order chi connectivity index (χ1) is 7.06. The van der Waals surface area contributed by atoms with E-state index in [1.54, 1.807) is 0 Å². The minimum Gasteiger partial charge on any atom is -0.508 e. The molecule has 2 atom stereocenters. The van der Waals surface area contributed by atoms with Gasteiger partial charge in [-0.05, 0) is 24.6 Å². The number of nitrogens with two attached hydrogens (primary N) is 1. The van der Waals surface area contributed by atoms with Crippen LogP contribution < -0.4 is 5.73 Å². The largest absolute Gasteiger partial charge is 0.508 e. The first kappa shape index (κ1) is 11.9. The highest BCUT2D eigenvalue weighted by molar-refractivity contribution is 5.35. The van der Waals surface area contributed by atoms with E-state index < -0.39 is 18.0 Å². The summed E-state index contributed by atoms with van der Waals surface area (Å²) in [4.78, 5) is 0. The van der Waals surface area contributed by atoms with Gasteiger partial charge in [-0.1, -0.05) is 13.3 Å². The summed E-state index contributed by atoms with van der Waals surface area (Å²) >= 11 is 0. The fraction of sp³-hybridized carbons (Fsp3) is 0.455. The Morgan fingerprint density at radius 2 is 2.13 bits per heavy atom. The highest BCUT2D eigenvalue weighted by Gasteiger charge is 2.19. The van der Waals surface area contributed by atoms with Gasteiger partial charge in [0.15, 0.2) is 0 Å². The lowest BCUT2D eigenvalue weighted by Gasteiger charge is -2.19. The van der Waals surface area contributed by atoms with E-state index in [1.807, 2.05) is 6.92 Å². The van der Waals surface area contributed by atoms with Crippen molar-refractivity contribution in [3.05, 3.63) is 29.6 Å². The van der Waals surface area contributed by atoms with Crippen LogP contribution in [-0.4, -0.2) is 16.3 Å². The van der Waals surface area contributed by atoms with Gasteiger partial charge in [-0.2, -0.15) is 0 Å². The molecule has 4 heteroatoms. The van der Waals surface area contributed by atoms with E-state index in [0.29, 0.717) is 6.42 Å². The third kappa shape index (κ3) is 2.91. The summed E-state index contributed by atoms with van der Waals surface area (Å²) in [6, 6.07) is 2.79. The number of aliphatic hydroxyl groups is 1. The molecule has 0 saturated heterocycles. The molecule has 0 unspecified atom stereocenters. The molecule has 0 heterocycles. The Labute approximate surface area is 88.4 Å². The molecule has 0 fully saturated rings. The molecule has 0 saturated carbocycles. The van der Waals surface area contributed by atoms with E-state index in [9.17, 15) is 14.6 Å². The van der Waals surface area contributed by atoms with Crippen LogP contribution in [0.2, 0.25) is 0 Å². The number of halogens is 1. The van der Waals surface area contributed by atoms with E-state index in [2.05, 4.69) is 0 Å². The van der Waals surface area contributed by atoms with Gasteiger partial charge >= 0.3 is 0 Å². The van der Waals surface area contributed by atoms with Crippen molar-refractivity contribution in [2.75, 3.05) is 0 Å². The molecule has 0 aromatic heterocycles. The number of rotatable bonds is 4. The number of aliphatic hydroxyl groups excluding tert-OH is 1. The average Bonchev–Trinajstić information content (AvgIpc) is 2.21. The first-order valence-corrected chi connectivity index (χ1v) is 4.98. The molecule has 0 aliphatic rings. The Morgan fingerprint density at radius 3 is 2.73 bits per heavy atom. The summed E-state index contributed by atoms with van der Waals surface area (Å²) < 4.78 is 12.9. The van der Waals surface area contributed by atoms with Gasteiger partial charge < -0.3 is 15.9 Å². The molecular formula is C11H16FNO2. The van der Waals surface area contributed by atoms with Crippen LogP contribution in [0, 0.1) is 5.82 Å². The Morgan fingerprint density at radius 1 is 1.47 bits per heavy atom. The maximum Gasteiger partial charge on any atom is 0.123 e. The third-order valence-corrected chi connectivity index (χ3v) is 2.35. The zero-order valence-corrected chi connectivity index (χ0v) is 8.65. The molecule has 0 bridgehead atoms. The van der Waals surface area contributed by atoms with Crippen LogP contribution in [0.15, 0.2) is 18.2 Å². The Bertz CT molecular complexity index is 330. The van der Waals surface area contributed by atoms with Crippen molar-refractivity contribution in [1.29, 1.82) is 0 Å². The minimum absolute atomic E-state index is 0.0842. The summed E-state index contributed by atoms with van der Waals surface area (Å²) in [6.07, 6.45) is 0.546. The molecule has 84 valence electrons. The smallest absolute Gasteiger partial charge is 0.123 e. The van der Waals surface area contributed by atoms with Gasteiger partial charge in [0.25, 0.3) is 0 Å². The molecule has 15 heavy (non-hydrogen) atoms. The van der Waals surface area contributed by atoms with Crippen molar-refractivity contribution in [2.24, 2.45) is 5.73 Å². The van der Waals surface area contributed by atoms with E-state index in [-0.39, 0.29) is 11.3 Å². The van der Waals surface area contributed by atoms with E-state index in [4.69, 9.17) is 5.73 Å². The van der Waals surface area contributed by atoms with Gasteiger partial charge in [-0.3, -0.25) is 0 Å². The maximum absolute atomic E-state index is 12.9. The lowest BCUT2D eigenvalue weighted by Crippen LogP contribution is -2.26. The maximum atomic E-state index is 12.9. The molecular weight excluding hydrogens is 197 g/mol. The Hall–Kier alpha value is -1.13. The molecule has 1 aromatic rings. The Kier molecular flexibility index (Phi) is 4.05. The second-order valence-corrected chi connectivity index (χ2v) is 3.58. The van der Waals surface area contributed by atoms with Crippen LogP contribution >= 0.6 is 0 Å². The molecule has 1 rings (SSSR count). The van der Waals surface area contributed by atoms with Crippen molar-refractivity contribution in [1.82, 2.24) is 0 Å². The van der Waals surface area contributed by atoms with Crippen molar-refractivity contribution < 1.29 is 14.6 Å². The van der Waals surface area contributed by atoms with Crippen LogP contribution in [0.5, 0.6) is 5.75 Å². The van der Waals surface area contributed by atoms with E-state index >= 15 is 0 Å². The summed E-state index contributed by atoms with van der Waals surface area (Å²) in [5.41, 5.74) is 5.96. The number of phenolic OH excluding ortho intramolecular Hbond substituents is 1. The monoisotopic (exact) mass is 213 g/mol. The van der Waals surface area contributed by atoms with Crippen LogP contribution in [0.25, 0.3) is 0 Å². The fourth-order valence-electron chi connectivity index (χ4n) is 1.47. The number of phenols is 1. The van der Waals surface area contributed by atoms with Gasteiger partial charge in [0, 0.05) is 5.56 Å². The molecule has 0 spiro atoms. The van der Waals surface area contributed by atoms with Crippen molar-refractivity contribution in [2.45, 2.75) is 31.9 Å². The standard InChI is InChI=1S/C11H16FNO2/c1-2-3-10(15)11(13)8-6-7(12)4-5-9(8)14/h4-6,10-11,14-15H,2-3,13H2,1H3/t10-,11+/m0/s1. The van der Waals surface area contributed by atoms with E-state index in [1.165, 1.54) is 6.07 Å². The molecule has 0 amide bonds. The molecule has 1 aromatic carbocycles. The average molecular weight is 213 g/mol. The quantitative estimate of drug-likeness (QED) is 0.713. The first-order valence-electron chi connectivity index (χ1n) is 4.98. The predicted octanol–water partition coefficient (Wildman–Crippen LogP) is 1.69. The SMILES string of the molecule is CCC[C@H](O)[C@H](N)c1cc(F)ccc1O. The highest BCUT2D eigenvalue weighted by Crippen LogP contribution is 2.26. The van der Waals surface area contributed by atoms with Crippen LogP contribution in [0.4, 0.5) is 4.39 Å². The van der Waals surface area contributed by atoms with Crippen molar-refractivity contribution in [3.63, 3.8) is 0 Å². The normalized spacial score (nSPS) is 14.9. The van der Waals surface area contributed by atoms with Gasteiger partial charge in [0.05, 0.1) is 12.1 Å². The summed E-state index contributed by atoms with van der Waals surface area (Å²) in [5.74, 6) is -0.555. The van der Waals surface area contributed by atoms with E-state index in [0.717, 1.165) is 18.6 Å². The van der Waals surface area contributed by atoms with Gasteiger partial charge in [-0.25, -0.2) is 4.39 Å². The predicted molar refractivity (Wildman–Crippen MR) is 55.9 cm³/mol. The van der Waals surface area contributed by atoms with Crippen LogP contribution in [-0.2, 0) is 0 Å². The van der Waals surface area contributed by atoms with Crippen LogP contribution in [0.3, 0.4) is 0 Å². The molecule has 0 aliphatic heterocycles. The zero-order valence-electron chi connectivity index (χ0n) is 8.65. The second kappa shape index (κ2) is 5.09. The van der Waals surface area contributed by atoms with Crippen molar-refractivity contribution in [3.8, 4) is 5.75 Å². The lowest BCUT2D eigenvalue weighted by molar-refractivity contribution is 0.133. The molecule has 3 nitrogen and oxygen atoms in total. The summed E-state index contributed by atoms with van der Waals surface area (Å²) in [5, 5.41) is 19.1. The highest BCUT2D eigenvalue weighted by atomic mass is 19.1. The number of hydrogen-bond acceptors (Lipinski definition) is 3. The Balaban J connectivity index is 2.89. The van der Waals surface area contributed by atoms with Crippen molar-refractivity contribution >= 4 is 0 Å². The summed E-state index contributed by atoms with van der Waals surface area (Å²) in [7, 11) is 0. The lowest BCUT2D eigenvalue weighted by atomic mass is 9.98. The zero-order chi connectivity index (χ0) is 11.4. The van der Waals surface area contributed by atoms with Gasteiger partial charge in [-0.15, -0.1) is 0 Å². The molecule has 0 radical (unpaired) electrons. The summed E-state index contributed by atoms with van der Waals surface area (Å²) in [6.45, 7) is 1.92. The van der Waals surface area contributed by atoms with Crippen LogP contribution in [0.1, 0.15) is 31.4 Å². The topological polar surface area (TPSA) is 66.5 Å². The number of aromatic hydroxyl groups is 1. The van der Waals surface area contributed by atoms with Gasteiger partial charge in [0.2, 0.25) is 0 Å².